The molecular weight excluding hydrogens is 530 g/mol. The van der Waals surface area contributed by atoms with Crippen molar-refractivity contribution in [2.24, 2.45) is 13.0 Å². The SMILES string of the molecule is COc1ccc(C[C@@H]2C[C@@H](C(=O)NCc3ccc4c(c3)nnn4C)N(C(=O)[C@H]3CC(c4cccnc4C)CN3)C2)cc1. The third kappa shape index (κ3) is 5.72. The highest BCUT2D eigenvalue weighted by Gasteiger charge is 2.43. The average Bonchev–Trinajstić information content (AvgIpc) is 3.75. The third-order valence-corrected chi connectivity index (χ3v) is 8.72. The molecule has 2 N–H and O–H groups in total. The van der Waals surface area contributed by atoms with Crippen molar-refractivity contribution in [3.63, 3.8) is 0 Å². The van der Waals surface area contributed by atoms with Crippen molar-refractivity contribution in [1.82, 2.24) is 35.5 Å². The first-order valence-electron chi connectivity index (χ1n) is 14.5. The van der Waals surface area contributed by atoms with Crippen LogP contribution in [0.1, 0.15) is 41.1 Å². The Kier molecular flexibility index (Phi) is 7.88. The summed E-state index contributed by atoms with van der Waals surface area (Å²) in [6.45, 7) is 3.63. The van der Waals surface area contributed by atoms with E-state index in [1.165, 1.54) is 5.56 Å². The Hall–Kier alpha value is -4.31. The predicted octanol–water partition coefficient (Wildman–Crippen LogP) is 2.90. The van der Waals surface area contributed by atoms with Gasteiger partial charge in [-0.05, 0) is 79.1 Å². The number of hydrogen-bond acceptors (Lipinski definition) is 7. The Morgan fingerprint density at radius 2 is 1.90 bits per heavy atom. The number of hydrogen-bond donors (Lipinski definition) is 2. The number of amides is 2. The van der Waals surface area contributed by atoms with E-state index in [9.17, 15) is 9.59 Å². The maximum Gasteiger partial charge on any atom is 0.243 e. The molecule has 2 aromatic carbocycles. The molecule has 2 saturated heterocycles. The normalized spacial score (nSPS) is 22.0. The monoisotopic (exact) mass is 567 g/mol. The minimum Gasteiger partial charge on any atom is -0.497 e. The molecule has 6 rings (SSSR count). The molecule has 10 heteroatoms. The van der Waals surface area contributed by atoms with Gasteiger partial charge in [0.2, 0.25) is 11.8 Å². The maximum absolute atomic E-state index is 14.0. The molecule has 10 nitrogen and oxygen atoms in total. The molecule has 0 bridgehead atoms. The fourth-order valence-corrected chi connectivity index (χ4v) is 6.45. The summed E-state index contributed by atoms with van der Waals surface area (Å²) in [6, 6.07) is 17.1. The fourth-order valence-electron chi connectivity index (χ4n) is 6.45. The molecule has 1 unspecified atom stereocenters. The van der Waals surface area contributed by atoms with E-state index in [0.717, 1.165) is 40.0 Å². The van der Waals surface area contributed by atoms with E-state index in [2.05, 4.69) is 44.1 Å². The van der Waals surface area contributed by atoms with Crippen molar-refractivity contribution in [2.75, 3.05) is 20.2 Å². The maximum atomic E-state index is 14.0. The zero-order valence-corrected chi connectivity index (χ0v) is 24.3. The number of carbonyl (C=O) groups is 2. The highest BCUT2D eigenvalue weighted by molar-refractivity contribution is 5.90. The molecule has 2 aromatic heterocycles. The van der Waals surface area contributed by atoms with Crippen LogP contribution in [0, 0.1) is 12.8 Å². The Balaban J connectivity index is 1.17. The molecular formula is C32H37N7O3. The standard InChI is InChI=1S/C32H37N7O3/c1-20-26(5-4-12-33-20)24-16-28(34-18-24)32(41)39-19-23(13-21-6-9-25(42-3)10-7-21)15-30(39)31(40)35-17-22-8-11-29-27(14-22)36-37-38(29)2/h4-12,14,23-24,28,30,34H,13,15-19H2,1-3H3,(H,35,40)/t23-,24?,28-,30+/m1/s1. The first kappa shape index (κ1) is 27.8. The molecule has 218 valence electrons. The van der Waals surface area contributed by atoms with Crippen molar-refractivity contribution < 1.29 is 14.3 Å². The summed E-state index contributed by atoms with van der Waals surface area (Å²) in [5, 5.41) is 14.8. The van der Waals surface area contributed by atoms with E-state index in [0.29, 0.717) is 32.5 Å². The van der Waals surface area contributed by atoms with Gasteiger partial charge in [-0.1, -0.05) is 29.5 Å². The van der Waals surface area contributed by atoms with Crippen LogP contribution in [0.2, 0.25) is 0 Å². The van der Waals surface area contributed by atoms with E-state index in [4.69, 9.17) is 4.74 Å². The van der Waals surface area contributed by atoms with Crippen molar-refractivity contribution in [3.8, 4) is 5.75 Å². The number of ether oxygens (including phenoxy) is 1. The van der Waals surface area contributed by atoms with E-state index < -0.39 is 6.04 Å². The quantitative estimate of drug-likeness (QED) is 0.337. The van der Waals surface area contributed by atoms with Crippen LogP contribution in [0.3, 0.4) is 0 Å². The van der Waals surface area contributed by atoms with Crippen molar-refractivity contribution in [3.05, 3.63) is 83.2 Å². The second-order valence-corrected chi connectivity index (χ2v) is 11.5. The number of aryl methyl sites for hydroxylation is 2. The number of fused-ring (bicyclic) bond motifs is 1. The summed E-state index contributed by atoms with van der Waals surface area (Å²) in [7, 11) is 3.51. The highest BCUT2D eigenvalue weighted by atomic mass is 16.5. The van der Waals surface area contributed by atoms with Crippen LogP contribution in [0.15, 0.2) is 60.8 Å². The number of likely N-dealkylation sites (tertiary alicyclic amines) is 1. The lowest BCUT2D eigenvalue weighted by Gasteiger charge is -2.27. The summed E-state index contributed by atoms with van der Waals surface area (Å²) < 4.78 is 7.03. The first-order valence-corrected chi connectivity index (χ1v) is 14.5. The van der Waals surface area contributed by atoms with Crippen LogP contribution in [-0.4, -0.2) is 69.0 Å². The highest BCUT2D eigenvalue weighted by Crippen LogP contribution is 2.32. The molecule has 4 heterocycles. The molecule has 42 heavy (non-hydrogen) atoms. The van der Waals surface area contributed by atoms with E-state index in [1.807, 2.05) is 55.3 Å². The number of pyridine rings is 1. The number of aromatic nitrogens is 4. The number of nitrogens with zero attached hydrogens (tertiary/aromatic N) is 5. The first-order chi connectivity index (χ1) is 20.4. The Morgan fingerprint density at radius 3 is 2.69 bits per heavy atom. The number of benzene rings is 2. The van der Waals surface area contributed by atoms with Crippen molar-refractivity contribution in [1.29, 1.82) is 0 Å². The Morgan fingerprint density at radius 1 is 1.10 bits per heavy atom. The Bertz CT molecular complexity index is 1580. The van der Waals surface area contributed by atoms with E-state index >= 15 is 0 Å². The van der Waals surface area contributed by atoms with Gasteiger partial charge in [0, 0.05) is 44.5 Å². The molecule has 2 aliphatic rings. The van der Waals surface area contributed by atoms with Crippen LogP contribution in [0.25, 0.3) is 11.0 Å². The average molecular weight is 568 g/mol. The molecule has 2 amide bonds. The number of methoxy groups -OCH3 is 1. The van der Waals surface area contributed by atoms with Gasteiger partial charge in [0.25, 0.3) is 0 Å². The van der Waals surface area contributed by atoms with Crippen LogP contribution in [0.5, 0.6) is 5.75 Å². The zero-order valence-electron chi connectivity index (χ0n) is 24.3. The number of carbonyl (C=O) groups excluding carboxylic acids is 2. The number of nitrogens with one attached hydrogen (secondary N) is 2. The molecule has 0 saturated carbocycles. The lowest BCUT2D eigenvalue weighted by atomic mass is 9.95. The molecule has 4 aromatic rings. The van der Waals surface area contributed by atoms with Gasteiger partial charge in [-0.15, -0.1) is 5.10 Å². The molecule has 2 fully saturated rings. The molecule has 0 spiro atoms. The predicted molar refractivity (Wildman–Crippen MR) is 159 cm³/mol. The molecule has 4 atom stereocenters. The topological polar surface area (TPSA) is 114 Å². The second-order valence-electron chi connectivity index (χ2n) is 11.5. The summed E-state index contributed by atoms with van der Waals surface area (Å²) in [5.41, 5.74) is 5.99. The Labute approximate surface area is 245 Å². The largest absolute Gasteiger partial charge is 0.497 e. The van der Waals surface area contributed by atoms with Gasteiger partial charge in [-0.3, -0.25) is 14.6 Å². The fraction of sp³-hybridized carbons (Fsp3) is 0.406. The van der Waals surface area contributed by atoms with Gasteiger partial charge in [0.15, 0.2) is 0 Å². The molecule has 0 aliphatic carbocycles. The molecule has 2 aliphatic heterocycles. The van der Waals surface area contributed by atoms with Crippen LogP contribution in [-0.2, 0) is 29.6 Å². The van der Waals surface area contributed by atoms with Gasteiger partial charge in [0.05, 0.1) is 18.7 Å². The number of rotatable bonds is 8. The summed E-state index contributed by atoms with van der Waals surface area (Å²) in [6.07, 6.45) is 3.89. The summed E-state index contributed by atoms with van der Waals surface area (Å²) in [5.74, 6) is 1.07. The van der Waals surface area contributed by atoms with Gasteiger partial charge in [0.1, 0.15) is 17.3 Å². The zero-order chi connectivity index (χ0) is 29.2. The van der Waals surface area contributed by atoms with Crippen molar-refractivity contribution >= 4 is 22.8 Å². The summed E-state index contributed by atoms with van der Waals surface area (Å²) >= 11 is 0. The van der Waals surface area contributed by atoms with E-state index in [1.54, 1.807) is 18.0 Å². The van der Waals surface area contributed by atoms with Gasteiger partial charge >= 0.3 is 0 Å². The van der Waals surface area contributed by atoms with Gasteiger partial charge in [-0.25, -0.2) is 4.68 Å². The lowest BCUT2D eigenvalue weighted by molar-refractivity contribution is -0.139. The van der Waals surface area contributed by atoms with Crippen molar-refractivity contribution in [2.45, 2.75) is 50.7 Å². The van der Waals surface area contributed by atoms with Crippen LogP contribution < -0.4 is 15.4 Å². The van der Waals surface area contributed by atoms with Crippen LogP contribution >= 0.6 is 0 Å². The smallest absolute Gasteiger partial charge is 0.243 e. The lowest BCUT2D eigenvalue weighted by Crippen LogP contribution is -2.51. The minimum atomic E-state index is -0.526. The van der Waals surface area contributed by atoms with E-state index in [-0.39, 0.29) is 29.7 Å². The minimum absolute atomic E-state index is 0.00240. The molecule has 0 radical (unpaired) electrons. The third-order valence-electron chi connectivity index (χ3n) is 8.72. The summed E-state index contributed by atoms with van der Waals surface area (Å²) in [4.78, 5) is 33.9. The van der Waals surface area contributed by atoms with Gasteiger partial charge in [-0.2, -0.15) is 0 Å². The van der Waals surface area contributed by atoms with Crippen LogP contribution in [0.4, 0.5) is 0 Å². The second kappa shape index (κ2) is 11.9. The van der Waals surface area contributed by atoms with Gasteiger partial charge < -0.3 is 20.3 Å².